The molecule has 1 unspecified atom stereocenters. The molecule has 0 saturated carbocycles. The number of hydrogen-bond donors (Lipinski definition) is 1. The average Bonchev–Trinajstić information content (AvgIpc) is 2.73. The van der Waals surface area contributed by atoms with Crippen LogP contribution in [-0.2, 0) is 7.05 Å². The Kier molecular flexibility index (Phi) is 2.90. The van der Waals surface area contributed by atoms with Gasteiger partial charge in [-0.3, -0.25) is 0 Å². The summed E-state index contributed by atoms with van der Waals surface area (Å²) in [5.41, 5.74) is 8.30. The van der Waals surface area contributed by atoms with Crippen LogP contribution in [0.4, 0.5) is 0 Å². The summed E-state index contributed by atoms with van der Waals surface area (Å²) >= 11 is 5.02. The van der Waals surface area contributed by atoms with Crippen LogP contribution in [0.1, 0.15) is 22.2 Å². The Morgan fingerprint density at radius 1 is 1.60 bits per heavy atom. The van der Waals surface area contributed by atoms with Crippen molar-refractivity contribution in [3.63, 3.8) is 0 Å². The average molecular weight is 287 g/mol. The third-order valence-electron chi connectivity index (χ3n) is 2.31. The molecular weight excluding hydrogens is 276 g/mol. The van der Waals surface area contributed by atoms with Crippen LogP contribution in [0.25, 0.3) is 0 Å². The third kappa shape index (κ3) is 1.84. The van der Waals surface area contributed by atoms with Crippen LogP contribution in [0.3, 0.4) is 0 Å². The molecule has 2 rings (SSSR count). The van der Waals surface area contributed by atoms with Gasteiger partial charge in [0.25, 0.3) is 0 Å². The van der Waals surface area contributed by atoms with Gasteiger partial charge in [0.15, 0.2) is 4.60 Å². The minimum absolute atomic E-state index is 0.167. The van der Waals surface area contributed by atoms with Crippen LogP contribution in [0.2, 0.25) is 0 Å². The monoisotopic (exact) mass is 286 g/mol. The Labute approximate surface area is 100 Å². The van der Waals surface area contributed by atoms with Gasteiger partial charge in [0.2, 0.25) is 0 Å². The van der Waals surface area contributed by atoms with E-state index in [-0.39, 0.29) is 6.04 Å². The molecule has 80 valence electrons. The minimum Gasteiger partial charge on any atom is -0.318 e. The fourth-order valence-corrected chi connectivity index (χ4v) is 3.00. The molecule has 2 N–H and O–H groups in total. The first-order valence-electron chi connectivity index (χ1n) is 4.46. The molecule has 15 heavy (non-hydrogen) atoms. The second-order valence-corrected chi connectivity index (χ2v) is 5.03. The molecule has 0 spiro atoms. The highest BCUT2D eigenvalue weighted by atomic mass is 79.9. The van der Waals surface area contributed by atoms with E-state index in [1.807, 2.05) is 12.4 Å². The zero-order valence-electron chi connectivity index (χ0n) is 8.44. The first kappa shape index (κ1) is 10.8. The molecule has 0 aliphatic rings. The van der Waals surface area contributed by atoms with E-state index in [0.717, 1.165) is 10.6 Å². The quantitative estimate of drug-likeness (QED) is 0.919. The summed E-state index contributed by atoms with van der Waals surface area (Å²) in [6, 6.07) is 1.90. The second kappa shape index (κ2) is 4.03. The molecule has 6 heteroatoms. The summed E-state index contributed by atoms with van der Waals surface area (Å²) in [5.74, 6) is 0. The second-order valence-electron chi connectivity index (χ2n) is 3.33. The number of halogens is 1. The van der Waals surface area contributed by atoms with Gasteiger partial charge < -0.3 is 5.73 Å². The molecule has 0 aromatic carbocycles. The first-order chi connectivity index (χ1) is 7.11. The summed E-state index contributed by atoms with van der Waals surface area (Å²) in [4.78, 5) is 1.15. The molecule has 0 aliphatic carbocycles. The maximum atomic E-state index is 6.19. The van der Waals surface area contributed by atoms with E-state index in [2.05, 4.69) is 39.2 Å². The molecule has 0 saturated heterocycles. The molecule has 2 aromatic rings. The lowest BCUT2D eigenvalue weighted by atomic mass is 10.1. The van der Waals surface area contributed by atoms with E-state index in [1.54, 1.807) is 16.0 Å². The van der Waals surface area contributed by atoms with E-state index in [4.69, 9.17) is 5.73 Å². The topological polar surface area (TPSA) is 56.7 Å². The smallest absolute Gasteiger partial charge is 0.153 e. The fourth-order valence-electron chi connectivity index (χ4n) is 1.50. The van der Waals surface area contributed by atoms with E-state index in [1.165, 1.54) is 5.56 Å². The molecule has 1 atom stereocenters. The lowest BCUT2D eigenvalue weighted by molar-refractivity contribution is 0.653. The normalized spacial score (nSPS) is 13.1. The predicted molar refractivity (Wildman–Crippen MR) is 63.8 cm³/mol. The Balaban J connectivity index is 2.45. The van der Waals surface area contributed by atoms with Crippen LogP contribution < -0.4 is 5.73 Å². The fraction of sp³-hybridized carbons (Fsp3) is 0.333. The van der Waals surface area contributed by atoms with Crippen molar-refractivity contribution in [2.24, 2.45) is 12.8 Å². The van der Waals surface area contributed by atoms with E-state index in [9.17, 15) is 0 Å². The summed E-state index contributed by atoms with van der Waals surface area (Å²) in [6.07, 6.45) is 0. The number of aryl methyl sites for hydroxylation is 2. The maximum Gasteiger partial charge on any atom is 0.153 e. The zero-order valence-corrected chi connectivity index (χ0v) is 10.8. The zero-order chi connectivity index (χ0) is 11.0. The van der Waals surface area contributed by atoms with Crippen molar-refractivity contribution in [1.82, 2.24) is 15.0 Å². The lowest BCUT2D eigenvalue weighted by Crippen LogP contribution is -2.16. The molecule has 0 fully saturated rings. The number of rotatable bonds is 2. The molecular formula is C9H11BrN4S. The van der Waals surface area contributed by atoms with Gasteiger partial charge in [0.05, 0.1) is 11.7 Å². The summed E-state index contributed by atoms with van der Waals surface area (Å²) < 4.78 is 2.42. The number of hydrogen-bond acceptors (Lipinski definition) is 4. The van der Waals surface area contributed by atoms with E-state index in [0.29, 0.717) is 4.60 Å². The molecule has 0 radical (unpaired) electrons. The molecule has 2 aromatic heterocycles. The molecule has 0 bridgehead atoms. The molecule has 4 nitrogen and oxygen atoms in total. The Morgan fingerprint density at radius 3 is 2.80 bits per heavy atom. The number of nitrogens with two attached hydrogens (primary N) is 1. The van der Waals surface area contributed by atoms with Crippen LogP contribution in [-0.4, -0.2) is 15.0 Å². The predicted octanol–water partition coefficient (Wildman–Crippen LogP) is 2.00. The van der Waals surface area contributed by atoms with Gasteiger partial charge in [-0.05, 0) is 39.9 Å². The maximum absolute atomic E-state index is 6.19. The van der Waals surface area contributed by atoms with Gasteiger partial charge in [0, 0.05) is 11.9 Å². The summed E-state index contributed by atoms with van der Waals surface area (Å²) in [6.45, 7) is 2.06. The van der Waals surface area contributed by atoms with Crippen molar-refractivity contribution in [3.8, 4) is 0 Å². The number of nitrogens with zero attached hydrogens (tertiary/aromatic N) is 3. The Bertz CT molecular complexity index is 457. The third-order valence-corrected chi connectivity index (χ3v) is 3.97. The molecule has 0 aliphatic heterocycles. The van der Waals surface area contributed by atoms with Gasteiger partial charge in [-0.2, -0.15) is 0 Å². The van der Waals surface area contributed by atoms with Crippen molar-refractivity contribution in [3.05, 3.63) is 32.2 Å². The van der Waals surface area contributed by atoms with Gasteiger partial charge in [-0.25, -0.2) is 4.68 Å². The van der Waals surface area contributed by atoms with Crippen molar-refractivity contribution < 1.29 is 0 Å². The highest BCUT2D eigenvalue weighted by Crippen LogP contribution is 2.29. The van der Waals surface area contributed by atoms with Crippen molar-refractivity contribution in [2.75, 3.05) is 0 Å². The van der Waals surface area contributed by atoms with E-state index >= 15 is 0 Å². The largest absolute Gasteiger partial charge is 0.318 e. The highest BCUT2D eigenvalue weighted by molar-refractivity contribution is 9.10. The number of thiophene rings is 1. The van der Waals surface area contributed by atoms with Crippen LogP contribution in [0, 0.1) is 6.92 Å². The number of aromatic nitrogens is 3. The van der Waals surface area contributed by atoms with E-state index < -0.39 is 0 Å². The summed E-state index contributed by atoms with van der Waals surface area (Å²) in [7, 11) is 1.84. The first-order valence-corrected chi connectivity index (χ1v) is 6.13. The standard InChI is InChI=1S/C9H11BrN4S/c1-5-3-4-15-8(5)6(11)7-9(10)12-13-14(7)2/h3-4,6H,11H2,1-2H3. The molecule has 0 amide bonds. The SMILES string of the molecule is Cc1ccsc1C(N)c1c(Br)nnn1C. The van der Waals surface area contributed by atoms with Gasteiger partial charge >= 0.3 is 0 Å². The van der Waals surface area contributed by atoms with Crippen molar-refractivity contribution in [1.29, 1.82) is 0 Å². The van der Waals surface area contributed by atoms with Crippen LogP contribution in [0.15, 0.2) is 16.0 Å². The summed E-state index contributed by atoms with van der Waals surface area (Å²) in [5, 5.41) is 9.90. The Hall–Kier alpha value is -0.720. The highest BCUT2D eigenvalue weighted by Gasteiger charge is 2.20. The van der Waals surface area contributed by atoms with Crippen LogP contribution >= 0.6 is 27.3 Å². The van der Waals surface area contributed by atoms with Gasteiger partial charge in [0.1, 0.15) is 0 Å². The van der Waals surface area contributed by atoms with Crippen molar-refractivity contribution in [2.45, 2.75) is 13.0 Å². The lowest BCUT2D eigenvalue weighted by Gasteiger charge is -2.11. The van der Waals surface area contributed by atoms with Crippen molar-refractivity contribution >= 4 is 27.3 Å². The minimum atomic E-state index is -0.167. The van der Waals surface area contributed by atoms with Gasteiger partial charge in [-0.15, -0.1) is 16.4 Å². The Morgan fingerprint density at radius 2 is 2.33 bits per heavy atom. The van der Waals surface area contributed by atoms with Crippen LogP contribution in [0.5, 0.6) is 0 Å². The van der Waals surface area contributed by atoms with Gasteiger partial charge in [-0.1, -0.05) is 5.21 Å². The molecule has 2 heterocycles.